The Labute approximate surface area is 114 Å². The third-order valence-corrected chi connectivity index (χ3v) is 2.62. The molecule has 20 heavy (non-hydrogen) atoms. The zero-order valence-corrected chi connectivity index (χ0v) is 10.9. The molecule has 0 saturated heterocycles. The summed E-state index contributed by atoms with van der Waals surface area (Å²) in [4.78, 5) is 15.4. The Balaban J connectivity index is 1.73. The van der Waals surface area contributed by atoms with E-state index in [9.17, 15) is 4.79 Å². The molecule has 2 heterocycles. The van der Waals surface area contributed by atoms with Crippen LogP contribution >= 0.6 is 0 Å². The van der Waals surface area contributed by atoms with Gasteiger partial charge in [-0.1, -0.05) is 5.23 Å². The topological polar surface area (TPSA) is 117 Å². The second kappa shape index (κ2) is 6.17. The molecule has 0 saturated carbocycles. The van der Waals surface area contributed by atoms with Crippen molar-refractivity contribution in [3.63, 3.8) is 0 Å². The van der Waals surface area contributed by atoms with Gasteiger partial charge in [0.15, 0.2) is 5.76 Å². The van der Waals surface area contributed by atoms with E-state index in [1.54, 1.807) is 13.0 Å². The van der Waals surface area contributed by atoms with Gasteiger partial charge in [0.1, 0.15) is 6.33 Å². The largest absolute Gasteiger partial charge is 0.459 e. The lowest BCUT2D eigenvalue weighted by Gasteiger charge is -2.04. The van der Waals surface area contributed by atoms with Crippen LogP contribution in [0.5, 0.6) is 0 Å². The molecular weight excluding hydrogens is 266 g/mol. The summed E-state index contributed by atoms with van der Waals surface area (Å²) >= 11 is 0. The van der Waals surface area contributed by atoms with E-state index in [4.69, 9.17) is 14.8 Å². The first-order valence-corrected chi connectivity index (χ1v) is 5.97. The number of nitrogens with one attached hydrogen (secondary N) is 1. The number of nitrogens with zero attached hydrogens (tertiary/aromatic N) is 4. The number of anilines is 1. The summed E-state index contributed by atoms with van der Waals surface area (Å²) in [5, 5.41) is 23.8. The van der Waals surface area contributed by atoms with Crippen LogP contribution in [0.3, 0.4) is 0 Å². The van der Waals surface area contributed by atoms with Crippen LogP contribution in [0.2, 0.25) is 0 Å². The molecule has 2 aromatic rings. The van der Waals surface area contributed by atoms with Gasteiger partial charge in [0.25, 0.3) is 11.9 Å². The fourth-order valence-electron chi connectivity index (χ4n) is 1.61. The molecule has 0 aliphatic carbocycles. The van der Waals surface area contributed by atoms with Gasteiger partial charge in [-0.05, 0) is 19.4 Å². The first kappa shape index (κ1) is 14.0. The number of aryl methyl sites for hydroxylation is 2. The predicted octanol–water partition coefficient (Wildman–Crippen LogP) is 0.584. The van der Waals surface area contributed by atoms with Gasteiger partial charge in [0.05, 0.1) is 6.26 Å². The SMILES string of the molecule is Cc1ccoc1C(=O)NCCCn1cnc(N(O)O)n1. The molecule has 0 aliphatic heterocycles. The van der Waals surface area contributed by atoms with Crippen molar-refractivity contribution in [3.05, 3.63) is 30.0 Å². The van der Waals surface area contributed by atoms with Crippen molar-refractivity contribution in [1.29, 1.82) is 0 Å². The van der Waals surface area contributed by atoms with E-state index in [1.165, 1.54) is 17.3 Å². The fourth-order valence-corrected chi connectivity index (χ4v) is 1.61. The van der Waals surface area contributed by atoms with Crippen molar-refractivity contribution >= 4 is 11.9 Å². The Hall–Kier alpha value is -2.39. The van der Waals surface area contributed by atoms with Crippen LogP contribution in [0.4, 0.5) is 5.95 Å². The normalized spacial score (nSPS) is 10.6. The quantitative estimate of drug-likeness (QED) is 0.524. The van der Waals surface area contributed by atoms with E-state index in [0.717, 1.165) is 5.56 Å². The highest BCUT2D eigenvalue weighted by Crippen LogP contribution is 2.08. The second-order valence-corrected chi connectivity index (χ2v) is 4.14. The number of rotatable bonds is 6. The Bertz CT molecular complexity index is 577. The Morgan fingerprint density at radius 1 is 1.55 bits per heavy atom. The summed E-state index contributed by atoms with van der Waals surface area (Å²) in [5.41, 5.74) is 0.786. The molecule has 9 nitrogen and oxygen atoms in total. The summed E-state index contributed by atoms with van der Waals surface area (Å²) in [7, 11) is 0. The molecule has 1 amide bonds. The summed E-state index contributed by atoms with van der Waals surface area (Å²) in [6, 6.07) is 1.72. The summed E-state index contributed by atoms with van der Waals surface area (Å²) in [5.74, 6) is -0.159. The molecular formula is C11H15N5O4. The summed E-state index contributed by atoms with van der Waals surface area (Å²) in [6.07, 6.45) is 3.45. The van der Waals surface area contributed by atoms with Crippen LogP contribution in [-0.2, 0) is 6.54 Å². The second-order valence-electron chi connectivity index (χ2n) is 4.14. The molecule has 2 rings (SSSR count). The Kier molecular flexibility index (Phi) is 4.33. The lowest BCUT2D eigenvalue weighted by Crippen LogP contribution is -2.25. The monoisotopic (exact) mass is 281 g/mol. The maximum atomic E-state index is 11.7. The molecule has 2 aromatic heterocycles. The lowest BCUT2D eigenvalue weighted by molar-refractivity contribution is 0.0241. The van der Waals surface area contributed by atoms with Crippen molar-refractivity contribution in [2.75, 3.05) is 11.8 Å². The summed E-state index contributed by atoms with van der Waals surface area (Å²) in [6.45, 7) is 2.72. The van der Waals surface area contributed by atoms with Crippen molar-refractivity contribution in [1.82, 2.24) is 20.1 Å². The van der Waals surface area contributed by atoms with E-state index < -0.39 is 0 Å². The molecule has 0 radical (unpaired) electrons. The van der Waals surface area contributed by atoms with E-state index >= 15 is 0 Å². The fraction of sp³-hybridized carbons (Fsp3) is 0.364. The van der Waals surface area contributed by atoms with E-state index in [1.807, 2.05) is 0 Å². The van der Waals surface area contributed by atoms with Gasteiger partial charge in [-0.15, -0.1) is 5.10 Å². The Morgan fingerprint density at radius 3 is 2.95 bits per heavy atom. The molecule has 3 N–H and O–H groups in total. The predicted molar refractivity (Wildman–Crippen MR) is 66.5 cm³/mol. The first-order valence-electron chi connectivity index (χ1n) is 5.97. The molecule has 0 unspecified atom stereocenters. The standard InChI is InChI=1S/C11H15N5O4/c1-8-3-6-20-9(8)10(17)12-4-2-5-15-7-13-11(14-15)16(18)19/h3,6-7,18-19H,2,4-5H2,1H3,(H,12,17). The van der Waals surface area contributed by atoms with E-state index in [0.29, 0.717) is 25.3 Å². The van der Waals surface area contributed by atoms with Gasteiger partial charge >= 0.3 is 0 Å². The van der Waals surface area contributed by atoms with Gasteiger partial charge in [0, 0.05) is 18.7 Å². The van der Waals surface area contributed by atoms with Crippen LogP contribution in [0, 0.1) is 6.92 Å². The van der Waals surface area contributed by atoms with Crippen LogP contribution in [-0.4, -0.2) is 37.6 Å². The van der Waals surface area contributed by atoms with E-state index in [2.05, 4.69) is 15.4 Å². The average Bonchev–Trinajstić information content (AvgIpc) is 3.03. The maximum absolute atomic E-state index is 11.7. The van der Waals surface area contributed by atoms with E-state index in [-0.39, 0.29) is 17.1 Å². The first-order chi connectivity index (χ1) is 9.58. The van der Waals surface area contributed by atoms with Crippen LogP contribution in [0.25, 0.3) is 0 Å². The molecule has 0 aromatic carbocycles. The van der Waals surface area contributed by atoms with Gasteiger partial charge in [-0.3, -0.25) is 19.9 Å². The molecule has 0 bridgehead atoms. The molecule has 0 fully saturated rings. The minimum Gasteiger partial charge on any atom is -0.459 e. The smallest absolute Gasteiger partial charge is 0.295 e. The molecule has 9 heteroatoms. The molecule has 0 atom stereocenters. The lowest BCUT2D eigenvalue weighted by atomic mass is 10.2. The number of furan rings is 1. The highest BCUT2D eigenvalue weighted by molar-refractivity contribution is 5.92. The highest BCUT2D eigenvalue weighted by Gasteiger charge is 2.11. The summed E-state index contributed by atoms with van der Waals surface area (Å²) < 4.78 is 6.51. The number of carbonyl (C=O) groups excluding carboxylic acids is 1. The average molecular weight is 281 g/mol. The zero-order valence-electron chi connectivity index (χ0n) is 10.9. The minimum absolute atomic E-state index is 0.155. The number of hydrogen-bond donors (Lipinski definition) is 3. The number of amides is 1. The van der Waals surface area contributed by atoms with Crippen molar-refractivity contribution in [3.8, 4) is 0 Å². The van der Waals surface area contributed by atoms with Gasteiger partial charge in [0.2, 0.25) is 0 Å². The maximum Gasteiger partial charge on any atom is 0.295 e. The zero-order chi connectivity index (χ0) is 14.5. The minimum atomic E-state index is -0.260. The third-order valence-electron chi connectivity index (χ3n) is 2.62. The molecule has 0 spiro atoms. The molecule has 108 valence electrons. The van der Waals surface area contributed by atoms with Gasteiger partial charge in [-0.25, -0.2) is 0 Å². The Morgan fingerprint density at radius 2 is 2.35 bits per heavy atom. The van der Waals surface area contributed by atoms with Crippen LogP contribution in [0.1, 0.15) is 22.5 Å². The number of aromatic nitrogens is 3. The van der Waals surface area contributed by atoms with Gasteiger partial charge in [-0.2, -0.15) is 4.98 Å². The number of carbonyl (C=O) groups is 1. The highest BCUT2D eigenvalue weighted by atomic mass is 16.8. The van der Waals surface area contributed by atoms with Crippen LogP contribution < -0.4 is 10.5 Å². The van der Waals surface area contributed by atoms with Crippen molar-refractivity contribution in [2.24, 2.45) is 0 Å². The number of hydrogen-bond acceptors (Lipinski definition) is 7. The van der Waals surface area contributed by atoms with Crippen LogP contribution in [0.15, 0.2) is 23.1 Å². The van der Waals surface area contributed by atoms with Crippen molar-refractivity contribution < 1.29 is 19.6 Å². The van der Waals surface area contributed by atoms with Gasteiger partial charge < -0.3 is 9.73 Å². The molecule has 0 aliphatic rings. The third kappa shape index (κ3) is 3.33. The van der Waals surface area contributed by atoms with Crippen molar-refractivity contribution in [2.45, 2.75) is 19.9 Å².